The molecule has 4 aromatic rings. The smallest absolute Gasteiger partial charge is 0.224 e. The Morgan fingerprint density at radius 3 is 2.13 bits per heavy atom. The molecule has 2 aromatic carbocycles. The van der Waals surface area contributed by atoms with Crippen LogP contribution in [0.5, 0.6) is 0 Å². The minimum absolute atomic E-state index is 0.0874. The van der Waals surface area contributed by atoms with Gasteiger partial charge in [-0.15, -0.1) is 0 Å². The molecule has 0 fully saturated rings. The Labute approximate surface area is 181 Å². The van der Waals surface area contributed by atoms with E-state index >= 15 is 0 Å². The van der Waals surface area contributed by atoms with E-state index in [9.17, 15) is 0 Å². The Hall–Kier alpha value is -3.62. The topological polar surface area (TPSA) is 133 Å². The summed E-state index contributed by atoms with van der Waals surface area (Å²) < 4.78 is 5.97. The molecule has 8 nitrogen and oxygen atoms in total. The van der Waals surface area contributed by atoms with Crippen molar-refractivity contribution in [2.45, 2.75) is 32.7 Å². The second kappa shape index (κ2) is 11.0. The van der Waals surface area contributed by atoms with Crippen LogP contribution in [0.15, 0.2) is 66.9 Å². The van der Waals surface area contributed by atoms with Crippen LogP contribution in [0.2, 0.25) is 0 Å². The monoisotopic (exact) mass is 418 g/mol. The highest BCUT2D eigenvalue weighted by atomic mass is 16.5. The highest BCUT2D eigenvalue weighted by molar-refractivity contribution is 5.81. The van der Waals surface area contributed by atoms with Crippen LogP contribution in [0.25, 0.3) is 11.2 Å². The fourth-order valence-corrected chi connectivity index (χ4v) is 2.88. The molecule has 0 aliphatic heterocycles. The zero-order valence-corrected chi connectivity index (χ0v) is 17.3. The van der Waals surface area contributed by atoms with Crippen LogP contribution in [0, 0.1) is 0 Å². The first-order valence-electron chi connectivity index (χ1n) is 9.96. The van der Waals surface area contributed by atoms with E-state index in [1.807, 2.05) is 67.6 Å². The number of benzene rings is 2. The molecular weight excluding hydrogens is 392 g/mol. The van der Waals surface area contributed by atoms with Crippen LogP contribution in [-0.4, -0.2) is 25.0 Å². The third kappa shape index (κ3) is 6.18. The van der Waals surface area contributed by atoms with Crippen molar-refractivity contribution in [2.75, 3.05) is 11.5 Å². The summed E-state index contributed by atoms with van der Waals surface area (Å²) in [6.07, 6.45) is 2.24. The molecule has 0 aliphatic rings. The molecule has 0 unspecified atom stereocenters. The largest absolute Gasteiger partial charge is 0.392 e. The maximum atomic E-state index is 8.54. The number of anilines is 2. The number of nitrogens with zero attached hydrogens (tertiary/aromatic N) is 4. The van der Waals surface area contributed by atoms with Crippen molar-refractivity contribution in [1.82, 2.24) is 19.9 Å². The van der Waals surface area contributed by atoms with E-state index in [1.165, 1.54) is 0 Å². The Morgan fingerprint density at radius 2 is 1.55 bits per heavy atom. The molecule has 0 saturated heterocycles. The number of aliphatic hydroxyl groups excluding tert-OH is 1. The third-order valence-electron chi connectivity index (χ3n) is 4.49. The number of hydrogen-bond acceptors (Lipinski definition) is 8. The number of rotatable bonds is 6. The Kier molecular flexibility index (Phi) is 7.80. The van der Waals surface area contributed by atoms with E-state index in [0.717, 1.165) is 17.5 Å². The van der Waals surface area contributed by atoms with Gasteiger partial charge in [-0.1, -0.05) is 67.6 Å². The lowest BCUT2D eigenvalue weighted by molar-refractivity contribution is 0.0343. The molecule has 0 bridgehead atoms. The first-order valence-corrected chi connectivity index (χ1v) is 9.96. The van der Waals surface area contributed by atoms with Gasteiger partial charge in [0, 0.05) is 0 Å². The second-order valence-corrected chi connectivity index (χ2v) is 6.77. The normalized spacial score (nSPS) is 11.5. The average Bonchev–Trinajstić information content (AvgIpc) is 2.81. The van der Waals surface area contributed by atoms with Gasteiger partial charge in [0.15, 0.2) is 17.0 Å². The molecule has 0 saturated carbocycles. The van der Waals surface area contributed by atoms with Gasteiger partial charge in [0.2, 0.25) is 5.95 Å². The number of fused-ring (bicyclic) bond motifs is 1. The fourth-order valence-electron chi connectivity index (χ4n) is 2.88. The van der Waals surface area contributed by atoms with Crippen LogP contribution in [0.3, 0.4) is 0 Å². The van der Waals surface area contributed by atoms with E-state index in [-0.39, 0.29) is 24.5 Å². The lowest BCUT2D eigenvalue weighted by Crippen LogP contribution is -2.09. The lowest BCUT2D eigenvalue weighted by atomic mass is 10.2. The molecule has 0 aliphatic carbocycles. The van der Waals surface area contributed by atoms with Gasteiger partial charge in [-0.05, 0) is 17.5 Å². The number of aliphatic hydroxyl groups is 1. The molecule has 4 rings (SSSR count). The van der Waals surface area contributed by atoms with E-state index in [1.54, 1.807) is 6.20 Å². The summed E-state index contributed by atoms with van der Waals surface area (Å²) in [6.45, 7) is 2.68. The van der Waals surface area contributed by atoms with Crippen molar-refractivity contribution in [2.24, 2.45) is 0 Å². The number of hydrogen-bond donors (Lipinski definition) is 3. The molecule has 0 spiro atoms. The average molecular weight is 419 g/mol. The van der Waals surface area contributed by atoms with Gasteiger partial charge in [-0.25, -0.2) is 9.97 Å². The molecule has 2 aromatic heterocycles. The zero-order valence-electron chi connectivity index (χ0n) is 17.3. The van der Waals surface area contributed by atoms with Crippen molar-refractivity contribution in [3.63, 3.8) is 0 Å². The summed E-state index contributed by atoms with van der Waals surface area (Å²) in [4.78, 5) is 16.7. The molecule has 2 heterocycles. The highest BCUT2D eigenvalue weighted by Crippen LogP contribution is 2.23. The predicted molar refractivity (Wildman–Crippen MR) is 121 cm³/mol. The summed E-state index contributed by atoms with van der Waals surface area (Å²) in [5.41, 5.74) is 15.0. The maximum absolute atomic E-state index is 8.54. The van der Waals surface area contributed by atoms with Crippen molar-refractivity contribution < 1.29 is 9.84 Å². The van der Waals surface area contributed by atoms with Crippen LogP contribution >= 0.6 is 0 Å². The maximum Gasteiger partial charge on any atom is 0.224 e. The van der Waals surface area contributed by atoms with Gasteiger partial charge >= 0.3 is 0 Å². The Morgan fingerprint density at radius 1 is 0.903 bits per heavy atom. The number of ether oxygens (including phenoxy) is 1. The zero-order chi connectivity index (χ0) is 22.1. The SMILES string of the molecule is CC[C@H](OCc1ccccc1)c1cnc2nc(N)nc(N)c2n1.OCc1ccccc1. The van der Waals surface area contributed by atoms with Gasteiger partial charge in [0.25, 0.3) is 0 Å². The standard InChI is InChI=1S/C16H18N6O.C7H8O/c1-2-12(23-9-10-6-4-3-5-7-10)11-8-19-15-13(20-11)14(17)21-16(18)22-15;8-6-7-4-2-1-3-5-7/h3-8,12H,2,9H2,1H3,(H4,17,18,19,21,22);1-5,8H,6H2/t12-;/m0./s1. The molecule has 31 heavy (non-hydrogen) atoms. The molecular formula is C23H26N6O2. The number of aromatic nitrogens is 4. The van der Waals surface area contributed by atoms with Crippen molar-refractivity contribution >= 4 is 22.9 Å². The van der Waals surface area contributed by atoms with Crippen molar-refractivity contribution in [3.05, 3.63) is 83.7 Å². The lowest BCUT2D eigenvalue weighted by Gasteiger charge is -2.16. The summed E-state index contributed by atoms with van der Waals surface area (Å²) in [6, 6.07) is 19.5. The number of nitrogens with two attached hydrogens (primary N) is 2. The van der Waals surface area contributed by atoms with Gasteiger partial charge < -0.3 is 21.3 Å². The predicted octanol–water partition coefficient (Wildman–Crippen LogP) is 3.43. The first kappa shape index (κ1) is 22.1. The first-order chi connectivity index (χ1) is 15.1. The quantitative estimate of drug-likeness (QED) is 0.434. The van der Waals surface area contributed by atoms with E-state index in [4.69, 9.17) is 21.3 Å². The summed E-state index contributed by atoms with van der Waals surface area (Å²) in [5, 5.41) is 8.54. The van der Waals surface area contributed by atoms with Crippen LogP contribution in [0.1, 0.15) is 36.3 Å². The summed E-state index contributed by atoms with van der Waals surface area (Å²) >= 11 is 0. The molecule has 1 atom stereocenters. The van der Waals surface area contributed by atoms with Gasteiger partial charge in [-0.2, -0.15) is 9.97 Å². The number of nitrogen functional groups attached to an aromatic ring is 2. The minimum Gasteiger partial charge on any atom is -0.392 e. The molecule has 0 amide bonds. The highest BCUT2D eigenvalue weighted by Gasteiger charge is 2.15. The third-order valence-corrected chi connectivity index (χ3v) is 4.49. The van der Waals surface area contributed by atoms with E-state index in [0.29, 0.717) is 23.5 Å². The minimum atomic E-state index is -0.177. The van der Waals surface area contributed by atoms with Crippen LogP contribution in [0.4, 0.5) is 11.8 Å². The van der Waals surface area contributed by atoms with Crippen LogP contribution in [-0.2, 0) is 18.0 Å². The van der Waals surface area contributed by atoms with Crippen molar-refractivity contribution in [1.29, 1.82) is 0 Å². The molecule has 160 valence electrons. The molecule has 5 N–H and O–H groups in total. The Balaban J connectivity index is 0.000000287. The molecule has 8 heteroatoms. The van der Waals surface area contributed by atoms with Gasteiger partial charge in [-0.3, -0.25) is 0 Å². The Bertz CT molecular complexity index is 1090. The second-order valence-electron chi connectivity index (χ2n) is 6.77. The summed E-state index contributed by atoms with van der Waals surface area (Å²) in [7, 11) is 0. The van der Waals surface area contributed by atoms with Crippen LogP contribution < -0.4 is 11.5 Å². The van der Waals surface area contributed by atoms with Crippen molar-refractivity contribution in [3.8, 4) is 0 Å². The summed E-state index contributed by atoms with van der Waals surface area (Å²) in [5.74, 6) is 0.309. The van der Waals surface area contributed by atoms with Gasteiger partial charge in [0.05, 0.1) is 25.1 Å². The van der Waals surface area contributed by atoms with Gasteiger partial charge in [0.1, 0.15) is 6.10 Å². The molecule has 0 radical (unpaired) electrons. The van der Waals surface area contributed by atoms with E-state index in [2.05, 4.69) is 19.9 Å². The van der Waals surface area contributed by atoms with E-state index < -0.39 is 0 Å². The fraction of sp³-hybridized carbons (Fsp3) is 0.217.